The average Bonchev–Trinajstić information content (AvgIpc) is 2.31. The summed E-state index contributed by atoms with van der Waals surface area (Å²) in [5, 5.41) is 0.112. The van der Waals surface area contributed by atoms with Gasteiger partial charge in [-0.15, -0.1) is 6.58 Å². The van der Waals surface area contributed by atoms with Crippen LogP contribution in [-0.4, -0.2) is 20.7 Å². The summed E-state index contributed by atoms with van der Waals surface area (Å²) in [4.78, 5) is 11.5. The minimum absolute atomic E-state index is 0.112. The Labute approximate surface area is 120 Å². The Balaban J connectivity index is 5.10. The normalized spacial score (nSPS) is 17.6. The first-order chi connectivity index (χ1) is 8.54. The van der Waals surface area contributed by atoms with Crippen molar-refractivity contribution in [2.75, 3.05) is 0 Å². The van der Waals surface area contributed by atoms with E-state index in [1.807, 2.05) is 6.08 Å². The lowest BCUT2D eigenvalue weighted by Crippen LogP contribution is -2.48. The maximum atomic E-state index is 11.5. The van der Waals surface area contributed by atoms with Crippen LogP contribution in [0.4, 0.5) is 0 Å². The first-order valence-electron chi connectivity index (χ1n) is 7.31. The summed E-state index contributed by atoms with van der Waals surface area (Å²) < 4.78 is 6.30. The number of unbranched alkanes of at least 4 members (excludes halogenated alkanes) is 1. The molecule has 112 valence electrons. The topological polar surface area (TPSA) is 26.3 Å². The van der Waals surface area contributed by atoms with Gasteiger partial charge in [-0.1, -0.05) is 53.5 Å². The van der Waals surface area contributed by atoms with Crippen LogP contribution in [0.15, 0.2) is 12.7 Å². The van der Waals surface area contributed by atoms with Crippen molar-refractivity contribution in [2.24, 2.45) is 5.41 Å². The molecule has 0 saturated heterocycles. The van der Waals surface area contributed by atoms with Gasteiger partial charge in [-0.25, -0.2) is 0 Å². The summed E-state index contributed by atoms with van der Waals surface area (Å²) in [5.41, 5.74) is -0.257. The van der Waals surface area contributed by atoms with E-state index in [9.17, 15) is 4.79 Å². The van der Waals surface area contributed by atoms with Crippen LogP contribution >= 0.6 is 0 Å². The molecule has 3 heteroatoms. The van der Waals surface area contributed by atoms with Crippen LogP contribution in [0.2, 0.25) is 18.1 Å². The highest BCUT2D eigenvalue weighted by atomic mass is 28.4. The number of carbonyl (C=O) groups excluding carboxylic acids is 1. The predicted molar refractivity (Wildman–Crippen MR) is 86.0 cm³/mol. The van der Waals surface area contributed by atoms with Gasteiger partial charge in [0.2, 0.25) is 0 Å². The van der Waals surface area contributed by atoms with E-state index in [0.717, 1.165) is 25.5 Å². The lowest BCUT2D eigenvalue weighted by Gasteiger charge is -2.42. The molecule has 0 fully saturated rings. The number of hydrogen-bond donors (Lipinski definition) is 0. The van der Waals surface area contributed by atoms with Gasteiger partial charge in [-0.2, -0.15) is 0 Å². The third-order valence-electron chi connectivity index (χ3n) is 4.54. The van der Waals surface area contributed by atoms with Gasteiger partial charge in [-0.3, -0.25) is 0 Å². The van der Waals surface area contributed by atoms with Crippen LogP contribution in [0.3, 0.4) is 0 Å². The van der Waals surface area contributed by atoms with Gasteiger partial charge in [0.25, 0.3) is 0 Å². The van der Waals surface area contributed by atoms with Crippen molar-refractivity contribution < 1.29 is 9.22 Å². The van der Waals surface area contributed by atoms with Gasteiger partial charge < -0.3 is 9.22 Å². The Morgan fingerprint density at radius 2 is 1.79 bits per heavy atom. The fourth-order valence-electron chi connectivity index (χ4n) is 1.73. The Morgan fingerprint density at radius 1 is 1.26 bits per heavy atom. The highest BCUT2D eigenvalue weighted by Gasteiger charge is 2.43. The minimum Gasteiger partial charge on any atom is -0.406 e. The van der Waals surface area contributed by atoms with E-state index in [4.69, 9.17) is 4.43 Å². The zero-order valence-corrected chi connectivity index (χ0v) is 14.9. The molecular weight excluding hydrogens is 252 g/mol. The Kier molecular flexibility index (Phi) is 6.70. The second kappa shape index (κ2) is 6.85. The second-order valence-corrected chi connectivity index (χ2v) is 12.0. The quantitative estimate of drug-likeness (QED) is 0.358. The maximum absolute atomic E-state index is 11.5. The molecule has 2 atom stereocenters. The molecule has 0 aliphatic rings. The summed E-state index contributed by atoms with van der Waals surface area (Å²) >= 11 is 0. The van der Waals surface area contributed by atoms with Crippen LogP contribution < -0.4 is 0 Å². The van der Waals surface area contributed by atoms with Crippen LogP contribution in [-0.2, 0) is 9.22 Å². The lowest BCUT2D eigenvalue weighted by atomic mass is 9.80. The molecule has 0 aliphatic heterocycles. The van der Waals surface area contributed by atoms with Crippen LogP contribution in [0.1, 0.15) is 53.9 Å². The minimum atomic E-state index is -1.93. The molecule has 0 N–H and O–H groups in total. The zero-order valence-electron chi connectivity index (χ0n) is 13.9. The first-order valence-corrected chi connectivity index (χ1v) is 10.2. The highest BCUT2D eigenvalue weighted by molar-refractivity contribution is 6.74. The van der Waals surface area contributed by atoms with Crippen LogP contribution in [0.5, 0.6) is 0 Å². The molecule has 0 radical (unpaired) electrons. The summed E-state index contributed by atoms with van der Waals surface area (Å²) in [7, 11) is -1.93. The molecule has 0 spiro atoms. The van der Waals surface area contributed by atoms with E-state index in [1.54, 1.807) is 0 Å². The third-order valence-corrected chi connectivity index (χ3v) is 8.99. The van der Waals surface area contributed by atoms with Gasteiger partial charge in [-0.05, 0) is 24.6 Å². The fourth-order valence-corrected chi connectivity index (χ4v) is 3.04. The molecule has 0 amide bonds. The van der Waals surface area contributed by atoms with E-state index < -0.39 is 8.32 Å². The molecule has 0 aromatic heterocycles. The molecule has 0 aromatic carbocycles. The monoisotopic (exact) mass is 284 g/mol. The Bertz CT molecular complexity index is 304. The third kappa shape index (κ3) is 4.88. The molecule has 0 heterocycles. The largest absolute Gasteiger partial charge is 0.406 e. The number of aldehydes is 1. The Morgan fingerprint density at radius 3 is 2.11 bits per heavy atom. The van der Waals surface area contributed by atoms with Gasteiger partial charge in [0, 0.05) is 5.41 Å². The number of carbonyl (C=O) groups is 1. The summed E-state index contributed by atoms with van der Waals surface area (Å²) in [6.45, 7) is 19.1. The molecule has 0 unspecified atom stereocenters. The van der Waals surface area contributed by atoms with Gasteiger partial charge >= 0.3 is 0 Å². The zero-order chi connectivity index (χ0) is 15.3. The molecule has 19 heavy (non-hydrogen) atoms. The van der Waals surface area contributed by atoms with Crippen molar-refractivity contribution in [1.82, 2.24) is 0 Å². The van der Waals surface area contributed by atoms with Crippen LogP contribution in [0, 0.1) is 5.41 Å². The van der Waals surface area contributed by atoms with E-state index in [2.05, 4.69) is 54.3 Å². The van der Waals surface area contributed by atoms with Crippen molar-refractivity contribution in [3.05, 3.63) is 12.7 Å². The average molecular weight is 285 g/mol. The Hall–Kier alpha value is -0.413. The summed E-state index contributed by atoms with van der Waals surface area (Å²) in [6, 6.07) is 0. The maximum Gasteiger partial charge on any atom is 0.193 e. The first kappa shape index (κ1) is 18.6. The van der Waals surface area contributed by atoms with Gasteiger partial charge in [0.05, 0.1) is 0 Å². The molecule has 0 aliphatic carbocycles. The number of rotatable bonds is 8. The second-order valence-electron chi connectivity index (χ2n) is 7.25. The van der Waals surface area contributed by atoms with Crippen molar-refractivity contribution in [3.8, 4) is 0 Å². The standard InChI is InChI=1S/C16H32O2Si/c1-9-11-12-16(6,10-2)14(13-17)18-19(7,8)15(3,4)5/h10,13-14H,2,9,11-12H2,1,3-8H3/t14-,16+/m0/s1. The fraction of sp³-hybridized carbons (Fsp3) is 0.812. The molecule has 0 saturated carbocycles. The van der Waals surface area contributed by atoms with E-state index in [-0.39, 0.29) is 16.6 Å². The van der Waals surface area contributed by atoms with E-state index in [1.165, 1.54) is 0 Å². The smallest absolute Gasteiger partial charge is 0.193 e. The molecule has 0 bridgehead atoms. The highest BCUT2D eigenvalue weighted by Crippen LogP contribution is 2.40. The SMILES string of the molecule is C=C[C@](C)(CCCC)[C@H](C=O)O[Si](C)(C)C(C)(C)C. The van der Waals surface area contributed by atoms with Gasteiger partial charge in [0.15, 0.2) is 8.32 Å². The predicted octanol–water partition coefficient (Wildman–Crippen LogP) is 4.96. The van der Waals surface area contributed by atoms with E-state index >= 15 is 0 Å². The molecule has 0 rings (SSSR count). The molecule has 2 nitrogen and oxygen atoms in total. The van der Waals surface area contributed by atoms with Crippen molar-refractivity contribution in [2.45, 2.75) is 78.1 Å². The van der Waals surface area contributed by atoms with Crippen molar-refractivity contribution >= 4 is 14.6 Å². The van der Waals surface area contributed by atoms with Crippen molar-refractivity contribution in [3.63, 3.8) is 0 Å². The lowest BCUT2D eigenvalue weighted by molar-refractivity contribution is -0.118. The summed E-state index contributed by atoms with van der Waals surface area (Å²) in [5.74, 6) is 0. The van der Waals surface area contributed by atoms with Gasteiger partial charge in [0.1, 0.15) is 12.4 Å². The van der Waals surface area contributed by atoms with Crippen molar-refractivity contribution in [1.29, 1.82) is 0 Å². The van der Waals surface area contributed by atoms with Crippen LogP contribution in [0.25, 0.3) is 0 Å². The molecular formula is C16H32O2Si. The molecule has 0 aromatic rings. The summed E-state index contributed by atoms with van der Waals surface area (Å²) in [6.07, 6.45) is 5.65. The number of hydrogen-bond acceptors (Lipinski definition) is 2. The van der Waals surface area contributed by atoms with E-state index in [0.29, 0.717) is 0 Å².